The maximum Gasteiger partial charge on any atom is 0.347 e. The number of hydrogen-bond acceptors (Lipinski definition) is 7. The monoisotopic (exact) mass is 370 g/mol. The number of aromatic carboxylic acids is 1. The Kier molecular flexibility index (Phi) is 5.13. The minimum Gasteiger partial charge on any atom is -0.497 e. The highest BCUT2D eigenvalue weighted by Crippen LogP contribution is 2.27. The van der Waals surface area contributed by atoms with E-state index in [0.717, 1.165) is 22.6 Å². The topological polar surface area (TPSA) is 88.4 Å². The molecule has 134 valence electrons. The zero-order valence-corrected chi connectivity index (χ0v) is 15.4. The number of ether oxygens (including phenoxy) is 1. The Morgan fingerprint density at radius 3 is 2.58 bits per heavy atom. The second kappa shape index (κ2) is 7.49. The zero-order chi connectivity index (χ0) is 18.7. The normalized spacial score (nSPS) is 10.6. The van der Waals surface area contributed by atoms with Crippen molar-refractivity contribution in [1.29, 1.82) is 0 Å². The van der Waals surface area contributed by atoms with Crippen LogP contribution < -0.4 is 9.64 Å². The Balaban J connectivity index is 1.81. The van der Waals surface area contributed by atoms with Gasteiger partial charge >= 0.3 is 5.97 Å². The van der Waals surface area contributed by atoms with Gasteiger partial charge in [-0.15, -0.1) is 11.3 Å². The summed E-state index contributed by atoms with van der Waals surface area (Å²) in [7, 11) is 3.56. The molecule has 2 aromatic heterocycles. The van der Waals surface area contributed by atoms with Gasteiger partial charge in [-0.25, -0.2) is 14.8 Å². The van der Waals surface area contributed by atoms with Crippen LogP contribution in [-0.4, -0.2) is 40.2 Å². The van der Waals surface area contributed by atoms with Crippen molar-refractivity contribution in [3.63, 3.8) is 0 Å². The maximum atomic E-state index is 11.2. The van der Waals surface area contributed by atoms with Gasteiger partial charge in [0.1, 0.15) is 27.1 Å². The molecule has 8 heteroatoms. The van der Waals surface area contributed by atoms with Crippen LogP contribution in [-0.2, 0) is 6.54 Å². The Hall–Kier alpha value is -3.00. The van der Waals surface area contributed by atoms with Gasteiger partial charge in [-0.1, -0.05) is 12.1 Å². The molecule has 1 N–H and O–H groups in total. The number of carbonyl (C=O) groups is 1. The van der Waals surface area contributed by atoms with E-state index in [1.165, 1.54) is 0 Å². The smallest absolute Gasteiger partial charge is 0.347 e. The fourth-order valence-electron chi connectivity index (χ4n) is 2.43. The molecular formula is C18H18N4O3S. The summed E-state index contributed by atoms with van der Waals surface area (Å²) < 4.78 is 5.17. The van der Waals surface area contributed by atoms with Crippen LogP contribution in [0.5, 0.6) is 5.75 Å². The largest absolute Gasteiger partial charge is 0.497 e. The molecule has 0 aliphatic heterocycles. The summed E-state index contributed by atoms with van der Waals surface area (Å²) in [6.07, 6.45) is 3.26. The third kappa shape index (κ3) is 3.80. The lowest BCUT2D eigenvalue weighted by Gasteiger charge is -2.18. The van der Waals surface area contributed by atoms with Crippen molar-refractivity contribution in [1.82, 2.24) is 15.0 Å². The summed E-state index contributed by atoms with van der Waals surface area (Å²) in [6.45, 7) is 2.33. The number of aryl methyl sites for hydroxylation is 1. The fourth-order valence-corrected chi connectivity index (χ4v) is 3.29. The molecule has 3 rings (SSSR count). The van der Waals surface area contributed by atoms with E-state index in [1.807, 2.05) is 36.2 Å². The molecular weight excluding hydrogens is 352 g/mol. The molecule has 26 heavy (non-hydrogen) atoms. The van der Waals surface area contributed by atoms with Gasteiger partial charge in [-0.05, 0) is 24.6 Å². The molecule has 1 aromatic carbocycles. The minimum absolute atomic E-state index is 0.221. The molecule has 3 aromatic rings. The Bertz CT molecular complexity index is 924. The van der Waals surface area contributed by atoms with Crippen LogP contribution in [0.4, 0.5) is 5.82 Å². The van der Waals surface area contributed by atoms with Crippen LogP contribution in [0.3, 0.4) is 0 Å². The van der Waals surface area contributed by atoms with Gasteiger partial charge in [0.05, 0.1) is 25.2 Å². The number of rotatable bonds is 6. The highest BCUT2D eigenvalue weighted by atomic mass is 32.1. The quantitative estimate of drug-likeness (QED) is 0.712. The summed E-state index contributed by atoms with van der Waals surface area (Å²) in [5.74, 6) is 0.515. The molecule has 0 aliphatic carbocycles. The van der Waals surface area contributed by atoms with Gasteiger partial charge in [0.2, 0.25) is 0 Å². The van der Waals surface area contributed by atoms with Crippen molar-refractivity contribution in [2.45, 2.75) is 13.5 Å². The van der Waals surface area contributed by atoms with Crippen molar-refractivity contribution in [2.24, 2.45) is 0 Å². The highest BCUT2D eigenvalue weighted by molar-refractivity contribution is 7.17. The molecule has 0 saturated carbocycles. The molecule has 0 radical (unpaired) electrons. The van der Waals surface area contributed by atoms with Crippen LogP contribution >= 0.6 is 11.3 Å². The summed E-state index contributed by atoms with van der Waals surface area (Å²) in [5.41, 5.74) is 2.15. The number of nitrogens with zero attached hydrogens (tertiary/aromatic N) is 4. The van der Waals surface area contributed by atoms with Crippen LogP contribution in [0.1, 0.15) is 20.9 Å². The van der Waals surface area contributed by atoms with Crippen molar-refractivity contribution in [3.05, 3.63) is 52.8 Å². The predicted molar refractivity (Wildman–Crippen MR) is 99.9 cm³/mol. The second-order valence-electron chi connectivity index (χ2n) is 5.71. The van der Waals surface area contributed by atoms with E-state index in [4.69, 9.17) is 4.74 Å². The number of carboxylic acid groups (broad SMARTS) is 1. The minimum atomic E-state index is -0.980. The van der Waals surface area contributed by atoms with E-state index in [9.17, 15) is 9.90 Å². The molecule has 0 unspecified atom stereocenters. The van der Waals surface area contributed by atoms with E-state index in [2.05, 4.69) is 15.0 Å². The number of hydrogen-bond donors (Lipinski definition) is 1. The third-order valence-electron chi connectivity index (χ3n) is 3.80. The maximum absolute atomic E-state index is 11.2. The lowest BCUT2D eigenvalue weighted by Crippen LogP contribution is -2.18. The first-order valence-electron chi connectivity index (χ1n) is 7.85. The molecule has 0 saturated heterocycles. The average molecular weight is 370 g/mol. The first kappa shape index (κ1) is 17.8. The van der Waals surface area contributed by atoms with Gasteiger partial charge < -0.3 is 14.7 Å². The average Bonchev–Trinajstić information content (AvgIpc) is 3.04. The van der Waals surface area contributed by atoms with Crippen LogP contribution in [0, 0.1) is 6.92 Å². The summed E-state index contributed by atoms with van der Waals surface area (Å²) in [6, 6.07) is 7.82. The van der Waals surface area contributed by atoms with Crippen LogP contribution in [0.2, 0.25) is 0 Å². The fraction of sp³-hybridized carbons (Fsp3) is 0.222. The molecule has 0 bridgehead atoms. The van der Waals surface area contributed by atoms with E-state index >= 15 is 0 Å². The predicted octanol–water partition coefficient (Wildman–Crippen LogP) is 3.25. The zero-order valence-electron chi connectivity index (χ0n) is 14.6. The molecule has 0 fully saturated rings. The van der Waals surface area contributed by atoms with Gasteiger partial charge in [0.25, 0.3) is 0 Å². The SMILES string of the molecule is COc1ccc(CN(C)c2cncc(-c3nc(C)c(C(=O)O)s3)n2)cc1. The van der Waals surface area contributed by atoms with Crippen LogP contribution in [0.15, 0.2) is 36.7 Å². The van der Waals surface area contributed by atoms with Crippen molar-refractivity contribution < 1.29 is 14.6 Å². The third-order valence-corrected chi connectivity index (χ3v) is 4.97. The van der Waals surface area contributed by atoms with E-state index < -0.39 is 5.97 Å². The van der Waals surface area contributed by atoms with Gasteiger partial charge in [0.15, 0.2) is 0 Å². The Morgan fingerprint density at radius 2 is 1.96 bits per heavy atom. The molecule has 0 atom stereocenters. The number of anilines is 1. The lowest BCUT2D eigenvalue weighted by molar-refractivity contribution is 0.0701. The van der Waals surface area contributed by atoms with E-state index in [0.29, 0.717) is 28.8 Å². The number of carboxylic acids is 1. The summed E-state index contributed by atoms with van der Waals surface area (Å²) in [4.78, 5) is 26.5. The Labute approximate surface area is 154 Å². The van der Waals surface area contributed by atoms with E-state index in [1.54, 1.807) is 26.4 Å². The number of benzene rings is 1. The van der Waals surface area contributed by atoms with Gasteiger partial charge in [0, 0.05) is 13.6 Å². The molecule has 2 heterocycles. The number of aromatic nitrogens is 3. The lowest BCUT2D eigenvalue weighted by atomic mass is 10.2. The standard InChI is InChI=1S/C18H18N4O3S/c1-11-16(18(23)24)26-17(20-11)14-8-19-9-15(21-14)22(2)10-12-4-6-13(25-3)7-5-12/h4-9H,10H2,1-3H3,(H,23,24). The second-order valence-corrected chi connectivity index (χ2v) is 6.70. The first-order valence-corrected chi connectivity index (χ1v) is 8.66. The van der Waals surface area contributed by atoms with Gasteiger partial charge in [-0.2, -0.15) is 0 Å². The summed E-state index contributed by atoms with van der Waals surface area (Å²) >= 11 is 1.10. The number of methoxy groups -OCH3 is 1. The van der Waals surface area contributed by atoms with Crippen LogP contribution in [0.25, 0.3) is 10.7 Å². The first-order chi connectivity index (χ1) is 12.5. The number of thiazole rings is 1. The molecule has 0 spiro atoms. The molecule has 0 aliphatic rings. The molecule has 0 amide bonds. The van der Waals surface area contributed by atoms with Crippen molar-refractivity contribution in [3.8, 4) is 16.5 Å². The van der Waals surface area contributed by atoms with Gasteiger partial charge in [-0.3, -0.25) is 4.98 Å². The highest BCUT2D eigenvalue weighted by Gasteiger charge is 2.17. The molecule has 7 nitrogen and oxygen atoms in total. The summed E-state index contributed by atoms with van der Waals surface area (Å²) in [5, 5.41) is 9.74. The van der Waals surface area contributed by atoms with Crippen molar-refractivity contribution >= 4 is 23.1 Å². The van der Waals surface area contributed by atoms with E-state index in [-0.39, 0.29) is 4.88 Å². The van der Waals surface area contributed by atoms with Crippen molar-refractivity contribution in [2.75, 3.05) is 19.1 Å². The Morgan fingerprint density at radius 1 is 1.23 bits per heavy atom.